The summed E-state index contributed by atoms with van der Waals surface area (Å²) in [7, 11) is 0. The molecule has 0 atom stereocenters. The number of rotatable bonds is 6. The van der Waals surface area contributed by atoms with E-state index in [0.29, 0.717) is 0 Å². The Balaban J connectivity index is 2.54. The smallest absolute Gasteiger partial charge is 0.0537 e. The molecule has 0 aliphatic rings. The molecule has 0 saturated carbocycles. The Bertz CT molecular complexity index is 358. The number of nitrogens with zero attached hydrogens (tertiary/aromatic N) is 2. The van der Waals surface area contributed by atoms with E-state index in [1.54, 1.807) is 0 Å². The molecule has 0 aromatic carbocycles. The Morgan fingerprint density at radius 3 is 2.76 bits per heavy atom. The van der Waals surface area contributed by atoms with Crippen molar-refractivity contribution in [3.05, 3.63) is 30.1 Å². The minimum absolute atomic E-state index is 0.150. The van der Waals surface area contributed by atoms with E-state index >= 15 is 0 Å². The summed E-state index contributed by atoms with van der Waals surface area (Å²) in [6, 6.07) is 0. The predicted molar refractivity (Wildman–Crippen MR) is 73.0 cm³/mol. The van der Waals surface area contributed by atoms with Crippen LogP contribution in [0.4, 0.5) is 0 Å². The summed E-state index contributed by atoms with van der Waals surface area (Å²) in [6.07, 6.45) is 6.09. The second kappa shape index (κ2) is 6.01. The zero-order chi connectivity index (χ0) is 12.9. The minimum atomic E-state index is 0.150. The van der Waals surface area contributed by atoms with Crippen LogP contribution in [0.15, 0.2) is 18.9 Å². The maximum Gasteiger partial charge on any atom is 0.0537 e. The lowest BCUT2D eigenvalue weighted by atomic mass is 10.1. The van der Waals surface area contributed by atoms with Crippen LogP contribution in [0, 0.1) is 6.92 Å². The molecule has 1 heterocycles. The lowest BCUT2D eigenvalue weighted by Gasteiger charge is -2.20. The quantitative estimate of drug-likeness (QED) is 0.606. The van der Waals surface area contributed by atoms with Gasteiger partial charge in [-0.2, -0.15) is 5.10 Å². The molecule has 1 N–H and O–H groups in total. The van der Waals surface area contributed by atoms with Gasteiger partial charge >= 0.3 is 0 Å². The summed E-state index contributed by atoms with van der Waals surface area (Å²) in [6.45, 7) is 14.3. The summed E-state index contributed by atoms with van der Waals surface area (Å²) in [5, 5.41) is 7.92. The highest BCUT2D eigenvalue weighted by Gasteiger charge is 2.11. The fourth-order valence-electron chi connectivity index (χ4n) is 1.63. The highest BCUT2D eigenvalue weighted by Crippen LogP contribution is 2.10. The molecule has 3 nitrogen and oxygen atoms in total. The zero-order valence-electron chi connectivity index (χ0n) is 11.6. The number of hydrogen-bond donors (Lipinski definition) is 1. The van der Waals surface area contributed by atoms with Crippen molar-refractivity contribution in [2.24, 2.45) is 0 Å². The van der Waals surface area contributed by atoms with Gasteiger partial charge in [0, 0.05) is 29.9 Å². The van der Waals surface area contributed by atoms with Crippen LogP contribution < -0.4 is 5.32 Å². The molecule has 0 aliphatic carbocycles. The normalized spacial score (nSPS) is 11.8. The van der Waals surface area contributed by atoms with Crippen LogP contribution in [0.3, 0.4) is 0 Å². The summed E-state index contributed by atoms with van der Waals surface area (Å²) in [4.78, 5) is 0. The van der Waals surface area contributed by atoms with Crippen molar-refractivity contribution >= 4 is 0 Å². The molecule has 0 aliphatic heterocycles. The highest BCUT2D eigenvalue weighted by molar-refractivity contribution is 5.16. The molecule has 0 saturated heterocycles. The molecular formula is C14H25N3. The van der Waals surface area contributed by atoms with Crippen LogP contribution in [0.1, 0.15) is 44.9 Å². The van der Waals surface area contributed by atoms with Crippen LogP contribution in [-0.2, 0) is 13.1 Å². The zero-order valence-corrected chi connectivity index (χ0v) is 11.6. The Labute approximate surface area is 105 Å². The third kappa shape index (κ3) is 4.73. The lowest BCUT2D eigenvalue weighted by Crippen LogP contribution is -2.35. The second-order valence-corrected chi connectivity index (χ2v) is 5.51. The van der Waals surface area contributed by atoms with Gasteiger partial charge in [-0.25, -0.2) is 0 Å². The van der Waals surface area contributed by atoms with Gasteiger partial charge in [-0.15, -0.1) is 6.58 Å². The van der Waals surface area contributed by atoms with E-state index in [1.807, 2.05) is 12.3 Å². The predicted octanol–water partition coefficient (Wildman–Crippen LogP) is 3.05. The molecule has 1 aromatic rings. The van der Waals surface area contributed by atoms with Crippen molar-refractivity contribution in [2.45, 2.75) is 59.2 Å². The Morgan fingerprint density at radius 2 is 2.18 bits per heavy atom. The average Bonchev–Trinajstić information content (AvgIpc) is 2.57. The van der Waals surface area contributed by atoms with Gasteiger partial charge in [-0.3, -0.25) is 4.68 Å². The van der Waals surface area contributed by atoms with Crippen molar-refractivity contribution in [1.29, 1.82) is 0 Å². The number of aryl methyl sites for hydroxylation is 1. The number of aromatic nitrogens is 2. The molecular weight excluding hydrogens is 210 g/mol. The van der Waals surface area contributed by atoms with E-state index in [-0.39, 0.29) is 5.54 Å². The van der Waals surface area contributed by atoms with E-state index in [2.05, 4.69) is 49.4 Å². The van der Waals surface area contributed by atoms with Crippen LogP contribution in [0.25, 0.3) is 0 Å². The van der Waals surface area contributed by atoms with E-state index in [9.17, 15) is 0 Å². The number of unbranched alkanes of at least 4 members (excludes halogenated alkanes) is 1. The summed E-state index contributed by atoms with van der Waals surface area (Å²) < 4.78 is 2.09. The maximum atomic E-state index is 4.43. The van der Waals surface area contributed by atoms with Crippen LogP contribution >= 0.6 is 0 Å². The number of allylic oxidation sites excluding steroid dienone is 1. The number of hydrogen-bond acceptors (Lipinski definition) is 2. The first-order valence-corrected chi connectivity index (χ1v) is 6.31. The molecule has 0 amide bonds. The third-order valence-corrected chi connectivity index (χ3v) is 2.79. The maximum absolute atomic E-state index is 4.43. The Hall–Kier alpha value is -1.09. The summed E-state index contributed by atoms with van der Waals surface area (Å²) >= 11 is 0. The topological polar surface area (TPSA) is 29.9 Å². The van der Waals surface area contributed by atoms with Gasteiger partial charge in [-0.05, 0) is 40.5 Å². The van der Waals surface area contributed by atoms with Crippen molar-refractivity contribution in [3.8, 4) is 0 Å². The minimum Gasteiger partial charge on any atom is -0.308 e. The van der Waals surface area contributed by atoms with Gasteiger partial charge in [0.25, 0.3) is 0 Å². The highest BCUT2D eigenvalue weighted by atomic mass is 15.3. The first-order valence-electron chi connectivity index (χ1n) is 6.31. The molecule has 1 rings (SSSR count). The van der Waals surface area contributed by atoms with Crippen LogP contribution in [0.2, 0.25) is 0 Å². The molecule has 96 valence electrons. The fourth-order valence-corrected chi connectivity index (χ4v) is 1.63. The van der Waals surface area contributed by atoms with Crippen LogP contribution in [-0.4, -0.2) is 15.3 Å². The molecule has 0 bridgehead atoms. The van der Waals surface area contributed by atoms with Gasteiger partial charge in [-0.1, -0.05) is 6.08 Å². The van der Waals surface area contributed by atoms with E-state index < -0.39 is 0 Å². The summed E-state index contributed by atoms with van der Waals surface area (Å²) in [5.41, 5.74) is 2.71. The molecule has 0 fully saturated rings. The first-order chi connectivity index (χ1) is 7.94. The second-order valence-electron chi connectivity index (χ2n) is 5.51. The number of nitrogens with one attached hydrogen (secondary N) is 1. The summed E-state index contributed by atoms with van der Waals surface area (Å²) in [5.74, 6) is 0. The SMILES string of the molecule is C=CCCCn1ncc(CNC(C)(C)C)c1C. The molecule has 0 radical (unpaired) electrons. The van der Waals surface area contributed by atoms with Crippen LogP contribution in [0.5, 0.6) is 0 Å². The van der Waals surface area contributed by atoms with E-state index in [4.69, 9.17) is 0 Å². The third-order valence-electron chi connectivity index (χ3n) is 2.79. The van der Waals surface area contributed by atoms with Gasteiger partial charge < -0.3 is 5.32 Å². The largest absolute Gasteiger partial charge is 0.308 e. The molecule has 0 unspecified atom stereocenters. The van der Waals surface area contributed by atoms with E-state index in [1.165, 1.54) is 11.3 Å². The van der Waals surface area contributed by atoms with Gasteiger partial charge in [0.15, 0.2) is 0 Å². The fraction of sp³-hybridized carbons (Fsp3) is 0.643. The lowest BCUT2D eigenvalue weighted by molar-refractivity contribution is 0.423. The molecule has 17 heavy (non-hydrogen) atoms. The molecule has 1 aromatic heterocycles. The standard InChI is InChI=1S/C14H25N3/c1-6-7-8-9-17-12(2)13(11-16-17)10-15-14(3,4)5/h6,11,15H,1,7-10H2,2-5H3. The monoisotopic (exact) mass is 235 g/mol. The van der Waals surface area contributed by atoms with Crippen molar-refractivity contribution in [2.75, 3.05) is 0 Å². The van der Waals surface area contributed by atoms with Gasteiger partial charge in [0.2, 0.25) is 0 Å². The Kier molecular flexibility index (Phi) is 4.94. The average molecular weight is 235 g/mol. The van der Waals surface area contributed by atoms with Crippen molar-refractivity contribution < 1.29 is 0 Å². The van der Waals surface area contributed by atoms with E-state index in [0.717, 1.165) is 25.9 Å². The molecule has 3 heteroatoms. The van der Waals surface area contributed by atoms with Crippen molar-refractivity contribution in [1.82, 2.24) is 15.1 Å². The molecule has 0 spiro atoms. The first kappa shape index (κ1) is 14.0. The van der Waals surface area contributed by atoms with Gasteiger partial charge in [0.05, 0.1) is 6.20 Å². The van der Waals surface area contributed by atoms with Crippen molar-refractivity contribution in [3.63, 3.8) is 0 Å². The Morgan fingerprint density at radius 1 is 1.47 bits per heavy atom. The van der Waals surface area contributed by atoms with Gasteiger partial charge in [0.1, 0.15) is 0 Å².